The minimum atomic E-state index is -1.73. The van der Waals surface area contributed by atoms with Gasteiger partial charge in [0.1, 0.15) is 66.5 Å². The molecule has 2 heterocycles. The van der Waals surface area contributed by atoms with E-state index in [2.05, 4.69) is 70.0 Å². The van der Waals surface area contributed by atoms with Crippen molar-refractivity contribution in [1.82, 2.24) is 63.1 Å². The molecule has 0 unspecified atom stereocenters. The first-order chi connectivity index (χ1) is 52.5. The maximum Gasteiger partial charge on any atom is 0.326 e. The Balaban J connectivity index is 1.22. The van der Waals surface area contributed by atoms with Crippen LogP contribution in [0.5, 0.6) is 0 Å². The summed E-state index contributed by atoms with van der Waals surface area (Å²) in [6.45, 7) is 12.1. The van der Waals surface area contributed by atoms with E-state index in [4.69, 9.17) is 11.5 Å². The van der Waals surface area contributed by atoms with Crippen LogP contribution in [0.1, 0.15) is 182 Å². The highest BCUT2D eigenvalue weighted by molar-refractivity contribution is 6.00. The summed E-state index contributed by atoms with van der Waals surface area (Å²) in [6, 6.07) is -0.398. The van der Waals surface area contributed by atoms with Crippen molar-refractivity contribution in [3.05, 3.63) is 71.9 Å². The number of nitrogens with one attached hydrogen (secondary N) is 11. The number of aromatic nitrogens is 1. The average Bonchev–Trinajstić information content (AvgIpc) is 1.74. The zero-order valence-electron chi connectivity index (χ0n) is 64.5. The fraction of sp³-hybridized carbons (Fsp3) is 0.597. The van der Waals surface area contributed by atoms with E-state index in [-0.39, 0.29) is 82.1 Å². The standard InChI is InChI=1S/C77H114N14O20/c1-9-45(6)64(73(105)90-66(47(8)94)75(107)85-54(37-44(4)5)69(101)87-57(77(110)111)39-49-41-80-51-29-24-23-28-50(49)51)88-67(99)52(33-34-60(78)95)82-72(104)59-30-25-35-91(59)63(98)32-22-17-15-13-11-10-12-14-16-21-31-62(97)81-58(42-92)71(103)89-65(46(7)93)74(106)84-53(36-43(2)3)68(100)83-55(40-61(79)96)70(102)86-56(76(108)109)38-48-26-19-18-20-27-48/h18-20,23-24,26-29,41,43-47,52-59,64-66,80,92-94H,9,12-17,21-22,25,30-40,42H2,1-8H3,(H2,78,95)(H2,79,96)(H,81,97)(H,82,104)(H,83,100)(H,84,106)(H,85,107)(H,86,102)(H,87,101)(H,88,99)(H,89,103)(H,90,105)(H,108,109)(H,110,111)/t45-,46-,47+,52-,53+,54-,55+,56+,57-,58+,59-,64-,65+,66-/m0/s1. The first-order valence-corrected chi connectivity index (χ1v) is 37.9. The number of aliphatic carboxylic acids is 2. The molecule has 14 atom stereocenters. The summed E-state index contributed by atoms with van der Waals surface area (Å²) in [5.41, 5.74) is 12.8. The maximum absolute atomic E-state index is 14.2. The molecule has 111 heavy (non-hydrogen) atoms. The Bertz CT molecular complexity index is 3720. The van der Waals surface area contributed by atoms with E-state index < -0.39 is 180 Å². The molecule has 1 aliphatic heterocycles. The summed E-state index contributed by atoms with van der Waals surface area (Å²) in [7, 11) is 0. The molecular formula is C77H114N14O20. The highest BCUT2D eigenvalue weighted by atomic mass is 16.4. The minimum Gasteiger partial charge on any atom is -0.480 e. The summed E-state index contributed by atoms with van der Waals surface area (Å²) >= 11 is 0. The zero-order valence-corrected chi connectivity index (χ0v) is 64.5. The molecular weight excluding hydrogens is 1440 g/mol. The Morgan fingerprint density at radius 3 is 1.51 bits per heavy atom. The largest absolute Gasteiger partial charge is 0.480 e. The van der Waals surface area contributed by atoms with Crippen LogP contribution in [0.15, 0.2) is 60.8 Å². The summed E-state index contributed by atoms with van der Waals surface area (Å²) in [5, 5.41) is 77.1. The fourth-order valence-corrected chi connectivity index (χ4v) is 12.5. The van der Waals surface area contributed by atoms with Crippen LogP contribution in [0.4, 0.5) is 0 Å². The lowest BCUT2D eigenvalue weighted by Crippen LogP contribution is -2.62. The Kier molecular flexibility index (Phi) is 39.7. The third-order valence-corrected chi connectivity index (χ3v) is 18.8. The van der Waals surface area contributed by atoms with Crippen LogP contribution in [0.3, 0.4) is 0 Å². The number of carbonyl (C=O) groups is 15. The van der Waals surface area contributed by atoms with E-state index in [0.717, 1.165) is 10.9 Å². The highest BCUT2D eigenvalue weighted by Crippen LogP contribution is 2.23. The minimum absolute atomic E-state index is 0.0399. The van der Waals surface area contributed by atoms with Crippen molar-refractivity contribution < 1.29 is 97.5 Å². The quantitative estimate of drug-likeness (QED) is 0.0259. The molecule has 1 aromatic heterocycles. The van der Waals surface area contributed by atoms with Gasteiger partial charge < -0.3 is 100 Å². The molecule has 1 fully saturated rings. The van der Waals surface area contributed by atoms with Gasteiger partial charge in [-0.05, 0) is 107 Å². The van der Waals surface area contributed by atoms with Crippen LogP contribution < -0.4 is 64.6 Å². The normalized spacial score (nSPS) is 16.1. The number of carboxylic acid groups (broad SMARTS) is 2. The first kappa shape index (κ1) is 92.9. The third kappa shape index (κ3) is 32.1. The molecule has 1 saturated heterocycles. The predicted molar refractivity (Wildman–Crippen MR) is 406 cm³/mol. The summed E-state index contributed by atoms with van der Waals surface area (Å²) in [6.07, 6.45) is 2.48. The number of amides is 13. The van der Waals surface area contributed by atoms with Crippen molar-refractivity contribution in [2.75, 3.05) is 13.2 Å². The van der Waals surface area contributed by atoms with E-state index in [1.54, 1.807) is 84.1 Å². The van der Waals surface area contributed by atoms with E-state index >= 15 is 0 Å². The number of nitrogens with zero attached hydrogens (tertiary/aromatic N) is 1. The number of aromatic amines is 1. The van der Waals surface area contributed by atoms with Crippen LogP contribution in [-0.2, 0) is 84.8 Å². The lowest BCUT2D eigenvalue weighted by molar-refractivity contribution is -0.143. The molecule has 1 aliphatic rings. The molecule has 4 rings (SSSR count). The van der Waals surface area contributed by atoms with Crippen LogP contribution in [0, 0.1) is 29.6 Å². The van der Waals surface area contributed by atoms with Gasteiger partial charge in [0.05, 0.1) is 25.2 Å². The van der Waals surface area contributed by atoms with E-state index in [1.807, 2.05) is 18.2 Å². The number of hydrogen-bond acceptors (Lipinski definition) is 18. The smallest absolute Gasteiger partial charge is 0.326 e. The number of carboxylic acids is 2. The second-order valence-electron chi connectivity index (χ2n) is 29.1. The number of rotatable bonds is 49. The van der Waals surface area contributed by atoms with Crippen molar-refractivity contribution in [2.45, 2.75) is 262 Å². The molecule has 20 N–H and O–H groups in total. The van der Waals surface area contributed by atoms with Crippen molar-refractivity contribution >= 4 is 99.6 Å². The number of H-pyrrole nitrogens is 1. The van der Waals surface area contributed by atoms with Gasteiger partial charge in [0.15, 0.2) is 0 Å². The van der Waals surface area contributed by atoms with Crippen molar-refractivity contribution in [1.29, 1.82) is 0 Å². The average molecular weight is 1560 g/mol. The van der Waals surface area contributed by atoms with Gasteiger partial charge in [-0.3, -0.25) is 62.3 Å². The predicted octanol–water partition coefficient (Wildman–Crippen LogP) is -0.101. The molecule has 612 valence electrons. The lowest BCUT2D eigenvalue weighted by atomic mass is 9.96. The van der Waals surface area contributed by atoms with Gasteiger partial charge in [-0.2, -0.15) is 0 Å². The third-order valence-electron chi connectivity index (χ3n) is 18.8. The summed E-state index contributed by atoms with van der Waals surface area (Å²) in [4.78, 5) is 204. The summed E-state index contributed by atoms with van der Waals surface area (Å²) < 4.78 is 0. The molecule has 0 aliphatic carbocycles. The number of aliphatic hydroxyl groups is 3. The number of primary amides is 2. The number of aliphatic hydroxyl groups excluding tert-OH is 3. The van der Waals surface area contributed by atoms with Gasteiger partial charge in [-0.1, -0.05) is 109 Å². The van der Waals surface area contributed by atoms with Crippen molar-refractivity contribution in [3.63, 3.8) is 0 Å². The number of benzene rings is 2. The van der Waals surface area contributed by atoms with Gasteiger partial charge in [0.2, 0.25) is 76.8 Å². The van der Waals surface area contributed by atoms with Gasteiger partial charge in [0, 0.05) is 68.6 Å². The zero-order chi connectivity index (χ0) is 82.6. The SMILES string of the molecule is CC[C@H](C)[C@H](NC(=O)[C@H](CCC(N)=O)NC(=O)[C@@H]1CCCN1C(=O)CCCCCC#CCCCCCC(=O)N[C@H](CO)C(=O)N[C@@H](C(=O)N[C@H](CC(C)C)C(=O)N[C@H](CC(N)=O)C(=O)N[C@H](Cc1ccccc1)C(=O)O)[C@H](C)O)C(=O)N[C@H](C(=O)N[C@@H](CC(C)C)C(=O)N[C@@H](Cc1c[nH]c2ccccc12)C(=O)O)[C@@H](C)O. The van der Waals surface area contributed by atoms with Gasteiger partial charge >= 0.3 is 11.9 Å². The molecule has 0 spiro atoms. The van der Waals surface area contributed by atoms with E-state index in [9.17, 15) is 97.5 Å². The van der Waals surface area contributed by atoms with Crippen LogP contribution in [0.25, 0.3) is 10.9 Å². The van der Waals surface area contributed by atoms with Gasteiger partial charge in [0.25, 0.3) is 0 Å². The maximum atomic E-state index is 14.2. The van der Waals surface area contributed by atoms with Gasteiger partial charge in [-0.25, -0.2) is 9.59 Å². The fourth-order valence-electron chi connectivity index (χ4n) is 12.5. The van der Waals surface area contributed by atoms with E-state index in [1.165, 1.54) is 18.7 Å². The summed E-state index contributed by atoms with van der Waals surface area (Å²) in [5.74, 6) is -8.67. The number of fused-ring (bicyclic) bond motifs is 1. The van der Waals surface area contributed by atoms with Crippen LogP contribution >= 0.6 is 0 Å². The Labute approximate surface area is 646 Å². The number of carbonyl (C=O) groups excluding carboxylic acids is 13. The van der Waals surface area contributed by atoms with Crippen molar-refractivity contribution in [2.24, 2.45) is 29.2 Å². The Hall–Kier alpha value is -10.5. The second-order valence-corrected chi connectivity index (χ2v) is 29.1. The number of unbranched alkanes of at least 4 members (excludes halogenated alkanes) is 6. The number of likely N-dealkylation sites (tertiary alicyclic amines) is 1. The molecule has 34 heteroatoms. The topological polar surface area (TPSA) is 549 Å². The molecule has 13 amide bonds. The lowest BCUT2D eigenvalue weighted by Gasteiger charge is -2.30. The van der Waals surface area contributed by atoms with Crippen LogP contribution in [0.2, 0.25) is 0 Å². The first-order valence-electron chi connectivity index (χ1n) is 37.9. The molecule has 0 saturated carbocycles. The molecule has 3 aromatic rings. The second kappa shape index (κ2) is 47.5. The molecule has 0 bridgehead atoms. The highest BCUT2D eigenvalue weighted by Gasteiger charge is 2.40. The van der Waals surface area contributed by atoms with Crippen molar-refractivity contribution in [3.8, 4) is 11.8 Å². The molecule has 0 radical (unpaired) electrons. The number of nitrogens with two attached hydrogens (primary N) is 2. The Morgan fingerprint density at radius 2 is 0.991 bits per heavy atom. The van der Waals surface area contributed by atoms with Crippen LogP contribution in [-0.4, -0.2) is 216 Å². The Morgan fingerprint density at radius 1 is 0.514 bits per heavy atom. The van der Waals surface area contributed by atoms with Gasteiger partial charge in [-0.15, -0.1) is 11.8 Å². The monoisotopic (exact) mass is 1550 g/mol. The number of para-hydroxylation sites is 1. The molecule has 34 nitrogen and oxygen atoms in total. The molecule has 2 aromatic carbocycles. The number of hydrogen-bond donors (Lipinski definition) is 18. The van der Waals surface area contributed by atoms with E-state index in [0.29, 0.717) is 75.3 Å².